The maximum Gasteiger partial charge on any atom is 0.333 e. The van der Waals surface area contributed by atoms with Gasteiger partial charge in [0.05, 0.1) is 12.0 Å². The van der Waals surface area contributed by atoms with Crippen molar-refractivity contribution in [2.75, 3.05) is 12.3 Å². The normalized spacial score (nSPS) is 23.4. The van der Waals surface area contributed by atoms with E-state index in [9.17, 15) is 8.42 Å². The molecule has 0 bridgehead atoms. The number of hydrogen-bond donors (Lipinski definition) is 2. The SMILES string of the molecule is CC(C)Sc1nn([C@@H]2O[C@H](COS(N)(=O)=O)[C@@H](O[Si](C(C)C)(C(C)C)C(C)C)[C@H]2F)c2ncnc(N)c12. The summed E-state index contributed by atoms with van der Waals surface area (Å²) in [4.78, 5) is 8.39. The van der Waals surface area contributed by atoms with Crippen molar-refractivity contribution in [3.8, 4) is 0 Å². The molecule has 1 aliphatic rings. The molecule has 210 valence electrons. The molecule has 0 saturated carbocycles. The second-order valence-electron chi connectivity index (χ2n) is 10.6. The van der Waals surface area contributed by atoms with Crippen LogP contribution in [0.4, 0.5) is 10.2 Å². The Bertz CT molecular complexity index is 1170. The van der Waals surface area contributed by atoms with Gasteiger partial charge in [0.2, 0.25) is 8.32 Å². The van der Waals surface area contributed by atoms with Crippen LogP contribution in [0, 0.1) is 0 Å². The Kier molecular flexibility index (Phi) is 9.30. The molecular formula is C22H39FN6O5S2Si. The minimum atomic E-state index is -4.29. The summed E-state index contributed by atoms with van der Waals surface area (Å²) in [5, 5.41) is 10.9. The van der Waals surface area contributed by atoms with Crippen LogP contribution in [0.15, 0.2) is 11.4 Å². The van der Waals surface area contributed by atoms with Crippen LogP contribution in [0.2, 0.25) is 16.6 Å². The topological polar surface area (TPSA) is 157 Å². The van der Waals surface area contributed by atoms with E-state index in [1.54, 1.807) is 0 Å². The number of nitrogens with two attached hydrogens (primary N) is 2. The van der Waals surface area contributed by atoms with E-state index < -0.39 is 49.8 Å². The lowest BCUT2D eigenvalue weighted by Gasteiger charge is -2.44. The lowest BCUT2D eigenvalue weighted by molar-refractivity contribution is -0.0448. The van der Waals surface area contributed by atoms with Crippen LogP contribution in [0.3, 0.4) is 0 Å². The van der Waals surface area contributed by atoms with E-state index in [2.05, 4.69) is 56.6 Å². The summed E-state index contributed by atoms with van der Waals surface area (Å²) in [6.07, 6.45) is -3.83. The fraction of sp³-hybridized carbons (Fsp3) is 0.773. The van der Waals surface area contributed by atoms with Crippen molar-refractivity contribution in [1.82, 2.24) is 19.7 Å². The highest BCUT2D eigenvalue weighted by Crippen LogP contribution is 2.47. The minimum absolute atomic E-state index is 0.158. The second-order valence-corrected chi connectivity index (χ2v) is 18.8. The van der Waals surface area contributed by atoms with E-state index in [4.69, 9.17) is 24.2 Å². The molecule has 4 atom stereocenters. The molecule has 0 radical (unpaired) electrons. The van der Waals surface area contributed by atoms with Gasteiger partial charge in [-0.1, -0.05) is 55.4 Å². The van der Waals surface area contributed by atoms with Crippen molar-refractivity contribution >= 4 is 47.2 Å². The summed E-state index contributed by atoms with van der Waals surface area (Å²) in [6.45, 7) is 16.0. The van der Waals surface area contributed by atoms with E-state index in [1.165, 1.54) is 22.8 Å². The lowest BCUT2D eigenvalue weighted by Crippen LogP contribution is -2.53. The van der Waals surface area contributed by atoms with Crippen molar-refractivity contribution in [1.29, 1.82) is 0 Å². The average Bonchev–Trinajstić information content (AvgIpc) is 3.26. The molecule has 15 heteroatoms. The minimum Gasteiger partial charge on any atom is -0.407 e. The molecule has 0 unspecified atom stereocenters. The van der Waals surface area contributed by atoms with Gasteiger partial charge in [0.25, 0.3) is 0 Å². The van der Waals surface area contributed by atoms with E-state index in [-0.39, 0.29) is 27.7 Å². The number of rotatable bonds is 11. The predicted molar refractivity (Wildman–Crippen MR) is 145 cm³/mol. The molecule has 1 saturated heterocycles. The summed E-state index contributed by atoms with van der Waals surface area (Å²) in [6, 6.07) is 0. The quantitative estimate of drug-likeness (QED) is 0.296. The molecule has 11 nitrogen and oxygen atoms in total. The van der Waals surface area contributed by atoms with Crippen molar-refractivity contribution in [3.63, 3.8) is 0 Å². The standard InChI is InChI=1S/C22H39FN6O5S2Si/c1-11(2)35-21-16-19(24)26-10-27-20(16)29(28-21)22-17(23)18(15(33-22)9-32-36(25,30)31)34-37(12(3)4,13(5)6)14(7)8/h10-15,17-18,22H,9H2,1-8H3,(H2,24,26,27)(H2,25,30,31)/t15-,17-,18-,22-/m1/s1. The van der Waals surface area contributed by atoms with Gasteiger partial charge in [0.1, 0.15) is 29.4 Å². The molecule has 3 heterocycles. The molecule has 2 aromatic heterocycles. The number of fused-ring (bicyclic) bond motifs is 1. The number of hydrogen-bond acceptors (Lipinski definition) is 10. The first-order chi connectivity index (χ1) is 17.1. The summed E-state index contributed by atoms with van der Waals surface area (Å²) in [5.41, 5.74) is 6.93. The van der Waals surface area contributed by atoms with Crippen molar-refractivity contribution in [2.24, 2.45) is 5.14 Å². The number of alkyl halides is 1. The highest BCUT2D eigenvalue weighted by Gasteiger charge is 2.55. The van der Waals surface area contributed by atoms with E-state index in [1.807, 2.05) is 13.8 Å². The molecule has 0 spiro atoms. The van der Waals surface area contributed by atoms with Crippen LogP contribution in [0.5, 0.6) is 0 Å². The Morgan fingerprint density at radius 3 is 2.24 bits per heavy atom. The van der Waals surface area contributed by atoms with Crippen LogP contribution in [0.1, 0.15) is 61.6 Å². The molecule has 1 aliphatic heterocycles. The molecule has 0 aliphatic carbocycles. The molecule has 1 fully saturated rings. The highest BCUT2D eigenvalue weighted by molar-refractivity contribution is 8.00. The molecule has 0 aromatic carbocycles. The second kappa shape index (κ2) is 11.4. The number of halogens is 1. The molecular weight excluding hydrogens is 539 g/mol. The van der Waals surface area contributed by atoms with Gasteiger partial charge in [-0.3, -0.25) is 4.18 Å². The molecule has 3 rings (SSSR count). The third-order valence-electron chi connectivity index (χ3n) is 6.79. The van der Waals surface area contributed by atoms with Crippen molar-refractivity contribution < 1.29 is 26.2 Å². The van der Waals surface area contributed by atoms with Crippen LogP contribution in [-0.2, 0) is 23.7 Å². The highest BCUT2D eigenvalue weighted by atomic mass is 32.2. The van der Waals surface area contributed by atoms with Gasteiger partial charge < -0.3 is 14.9 Å². The first-order valence-corrected chi connectivity index (χ1v) is 16.9. The zero-order valence-corrected chi connectivity index (χ0v) is 25.2. The fourth-order valence-electron chi connectivity index (χ4n) is 5.42. The summed E-state index contributed by atoms with van der Waals surface area (Å²) < 4.78 is 58.6. The number of ether oxygens (including phenoxy) is 1. The summed E-state index contributed by atoms with van der Waals surface area (Å²) in [7, 11) is -6.88. The summed E-state index contributed by atoms with van der Waals surface area (Å²) >= 11 is 1.45. The van der Waals surface area contributed by atoms with Gasteiger partial charge >= 0.3 is 10.3 Å². The largest absolute Gasteiger partial charge is 0.407 e. The van der Waals surface area contributed by atoms with Crippen LogP contribution in [-0.4, -0.2) is 66.7 Å². The zero-order valence-electron chi connectivity index (χ0n) is 22.6. The van der Waals surface area contributed by atoms with Gasteiger partial charge in [-0.2, -0.15) is 13.5 Å². The summed E-state index contributed by atoms with van der Waals surface area (Å²) in [5.74, 6) is 0.223. The lowest BCUT2D eigenvalue weighted by atomic mass is 10.1. The number of nitrogen functional groups attached to an aromatic ring is 1. The molecule has 4 N–H and O–H groups in total. The van der Waals surface area contributed by atoms with Gasteiger partial charge in [0, 0.05) is 5.25 Å². The Balaban J connectivity index is 2.10. The maximum atomic E-state index is 16.4. The third-order valence-corrected chi connectivity index (χ3v) is 14.3. The Labute approximate surface area is 223 Å². The number of anilines is 1. The molecule has 2 aromatic rings. The van der Waals surface area contributed by atoms with Gasteiger partial charge in [0.15, 0.2) is 18.0 Å². The third kappa shape index (κ3) is 6.12. The number of nitrogens with zero attached hydrogens (tertiary/aromatic N) is 4. The average molecular weight is 579 g/mol. The first-order valence-electron chi connectivity index (χ1n) is 12.4. The van der Waals surface area contributed by atoms with Gasteiger partial charge in [-0.05, 0) is 16.6 Å². The van der Waals surface area contributed by atoms with Crippen molar-refractivity contribution in [2.45, 2.75) is 107 Å². The first kappa shape index (κ1) is 30.2. The van der Waals surface area contributed by atoms with Gasteiger partial charge in [-0.25, -0.2) is 24.2 Å². The van der Waals surface area contributed by atoms with E-state index in [0.29, 0.717) is 16.1 Å². The molecule has 0 amide bonds. The zero-order chi connectivity index (χ0) is 27.9. The Hall–Kier alpha value is -1.36. The smallest absolute Gasteiger partial charge is 0.333 e. The van der Waals surface area contributed by atoms with Crippen LogP contribution >= 0.6 is 11.8 Å². The number of aromatic nitrogens is 4. The van der Waals surface area contributed by atoms with Crippen molar-refractivity contribution in [3.05, 3.63) is 6.33 Å². The van der Waals surface area contributed by atoms with Crippen LogP contribution < -0.4 is 10.9 Å². The maximum absolute atomic E-state index is 16.4. The fourth-order valence-corrected chi connectivity index (χ4v) is 12.2. The van der Waals surface area contributed by atoms with Gasteiger partial charge in [-0.15, -0.1) is 11.8 Å². The van der Waals surface area contributed by atoms with Crippen LogP contribution in [0.25, 0.3) is 11.0 Å². The Morgan fingerprint density at radius 2 is 1.73 bits per heavy atom. The van der Waals surface area contributed by atoms with E-state index in [0.717, 1.165) is 0 Å². The van der Waals surface area contributed by atoms with E-state index >= 15 is 4.39 Å². The number of thioether (sulfide) groups is 1. The molecule has 37 heavy (non-hydrogen) atoms. The Morgan fingerprint density at radius 1 is 1.14 bits per heavy atom. The monoisotopic (exact) mass is 578 g/mol. The predicted octanol–water partition coefficient (Wildman–Crippen LogP) is 3.93.